The summed E-state index contributed by atoms with van der Waals surface area (Å²) in [4.78, 5) is 6.90. The predicted octanol–water partition coefficient (Wildman–Crippen LogP) is 2.50. The predicted molar refractivity (Wildman–Crippen MR) is 92.0 cm³/mol. The molecule has 1 aromatic carbocycles. The number of pyridine rings is 1. The molecule has 2 heterocycles. The first-order valence-electron chi connectivity index (χ1n) is 7.99. The average molecular weight is 313 g/mol. The van der Waals surface area contributed by atoms with Crippen molar-refractivity contribution < 1.29 is 9.47 Å². The molecule has 3 rings (SSSR count). The smallest absolute Gasteiger partial charge is 0.125 e. The highest BCUT2D eigenvalue weighted by atomic mass is 16.5. The SMILES string of the molecule is COc1cccc(-c2ccc(NCCN3CCOCC3)nc2)c1. The molecule has 1 N–H and O–H groups in total. The Balaban J connectivity index is 1.54. The third-order valence-corrected chi connectivity index (χ3v) is 4.00. The molecule has 0 unspecified atom stereocenters. The normalized spacial score (nSPS) is 15.3. The van der Waals surface area contributed by atoms with Gasteiger partial charge in [0.15, 0.2) is 0 Å². The monoisotopic (exact) mass is 313 g/mol. The van der Waals surface area contributed by atoms with Gasteiger partial charge in [-0.1, -0.05) is 12.1 Å². The summed E-state index contributed by atoms with van der Waals surface area (Å²) in [6, 6.07) is 12.1. The lowest BCUT2D eigenvalue weighted by molar-refractivity contribution is 0.0398. The van der Waals surface area contributed by atoms with Crippen molar-refractivity contribution in [1.29, 1.82) is 0 Å². The van der Waals surface area contributed by atoms with Crippen molar-refractivity contribution >= 4 is 5.82 Å². The van der Waals surface area contributed by atoms with Crippen LogP contribution in [0.4, 0.5) is 5.82 Å². The van der Waals surface area contributed by atoms with E-state index >= 15 is 0 Å². The first-order valence-corrected chi connectivity index (χ1v) is 7.99. The van der Waals surface area contributed by atoms with Crippen LogP contribution in [0.2, 0.25) is 0 Å². The van der Waals surface area contributed by atoms with Gasteiger partial charge in [-0.05, 0) is 29.8 Å². The molecule has 0 amide bonds. The van der Waals surface area contributed by atoms with Crippen molar-refractivity contribution in [3.63, 3.8) is 0 Å². The number of anilines is 1. The van der Waals surface area contributed by atoms with E-state index in [4.69, 9.17) is 9.47 Å². The lowest BCUT2D eigenvalue weighted by Crippen LogP contribution is -2.39. The highest BCUT2D eigenvalue weighted by Gasteiger charge is 2.09. The van der Waals surface area contributed by atoms with Gasteiger partial charge in [-0.3, -0.25) is 4.90 Å². The fraction of sp³-hybridized carbons (Fsp3) is 0.389. The third-order valence-electron chi connectivity index (χ3n) is 4.00. The first kappa shape index (κ1) is 15.8. The van der Waals surface area contributed by atoms with Gasteiger partial charge in [0.1, 0.15) is 11.6 Å². The summed E-state index contributed by atoms with van der Waals surface area (Å²) in [6.45, 7) is 5.63. The largest absolute Gasteiger partial charge is 0.497 e. The van der Waals surface area contributed by atoms with Crippen LogP contribution in [-0.4, -0.2) is 56.4 Å². The van der Waals surface area contributed by atoms with Crippen LogP contribution in [0.3, 0.4) is 0 Å². The van der Waals surface area contributed by atoms with Gasteiger partial charge in [0.25, 0.3) is 0 Å². The van der Waals surface area contributed by atoms with Crippen molar-refractivity contribution in [3.8, 4) is 16.9 Å². The van der Waals surface area contributed by atoms with E-state index < -0.39 is 0 Å². The second-order valence-electron chi connectivity index (χ2n) is 5.54. The van der Waals surface area contributed by atoms with Crippen LogP contribution in [0.25, 0.3) is 11.1 Å². The van der Waals surface area contributed by atoms with E-state index in [1.807, 2.05) is 30.5 Å². The molecule has 1 saturated heterocycles. The molecule has 5 nitrogen and oxygen atoms in total. The van der Waals surface area contributed by atoms with Crippen LogP contribution in [0.5, 0.6) is 5.75 Å². The lowest BCUT2D eigenvalue weighted by atomic mass is 10.1. The van der Waals surface area contributed by atoms with Crippen LogP contribution in [0.15, 0.2) is 42.6 Å². The zero-order chi connectivity index (χ0) is 15.9. The summed E-state index contributed by atoms with van der Waals surface area (Å²) in [5, 5.41) is 3.37. The van der Waals surface area contributed by atoms with E-state index in [0.29, 0.717) is 0 Å². The third kappa shape index (κ3) is 4.43. The van der Waals surface area contributed by atoms with Crippen LogP contribution in [0, 0.1) is 0 Å². The van der Waals surface area contributed by atoms with E-state index in [1.54, 1.807) is 7.11 Å². The zero-order valence-electron chi connectivity index (χ0n) is 13.5. The molecule has 122 valence electrons. The molecule has 1 aromatic heterocycles. The maximum atomic E-state index is 5.35. The van der Waals surface area contributed by atoms with Gasteiger partial charge in [-0.25, -0.2) is 4.98 Å². The molecular formula is C18H23N3O2. The van der Waals surface area contributed by atoms with Gasteiger partial charge < -0.3 is 14.8 Å². The molecule has 1 aliphatic rings. The van der Waals surface area contributed by atoms with Gasteiger partial charge in [0.2, 0.25) is 0 Å². The molecular weight excluding hydrogens is 290 g/mol. The number of aromatic nitrogens is 1. The Morgan fingerprint density at radius 1 is 1.17 bits per heavy atom. The number of hydrogen-bond acceptors (Lipinski definition) is 5. The van der Waals surface area contributed by atoms with Crippen LogP contribution < -0.4 is 10.1 Å². The summed E-state index contributed by atoms with van der Waals surface area (Å²) in [5.74, 6) is 1.76. The summed E-state index contributed by atoms with van der Waals surface area (Å²) in [6.07, 6.45) is 1.89. The van der Waals surface area contributed by atoms with E-state index in [2.05, 4.69) is 27.3 Å². The first-order chi connectivity index (χ1) is 11.3. The van der Waals surface area contributed by atoms with Gasteiger partial charge in [0.05, 0.1) is 20.3 Å². The Labute approximate surface area is 137 Å². The van der Waals surface area contributed by atoms with E-state index in [9.17, 15) is 0 Å². The fourth-order valence-electron chi connectivity index (χ4n) is 2.64. The summed E-state index contributed by atoms with van der Waals surface area (Å²) < 4.78 is 10.6. The number of ether oxygens (including phenoxy) is 2. The van der Waals surface area contributed by atoms with Crippen molar-refractivity contribution in [2.24, 2.45) is 0 Å². The number of methoxy groups -OCH3 is 1. The number of nitrogens with zero attached hydrogens (tertiary/aromatic N) is 2. The van der Waals surface area contributed by atoms with Crippen LogP contribution >= 0.6 is 0 Å². The molecule has 0 radical (unpaired) electrons. The minimum Gasteiger partial charge on any atom is -0.497 e. The fourth-order valence-corrected chi connectivity index (χ4v) is 2.64. The quantitative estimate of drug-likeness (QED) is 0.888. The Hall–Kier alpha value is -2.11. The van der Waals surface area contributed by atoms with Crippen molar-refractivity contribution in [1.82, 2.24) is 9.88 Å². The summed E-state index contributed by atoms with van der Waals surface area (Å²) in [7, 11) is 1.68. The van der Waals surface area contributed by atoms with E-state index in [0.717, 1.165) is 62.1 Å². The molecule has 0 bridgehead atoms. The standard InChI is InChI=1S/C18H23N3O2/c1-22-17-4-2-3-15(13-17)16-5-6-18(20-14-16)19-7-8-21-9-11-23-12-10-21/h2-6,13-14H,7-12H2,1H3,(H,19,20). The molecule has 1 aliphatic heterocycles. The lowest BCUT2D eigenvalue weighted by Gasteiger charge is -2.26. The molecule has 5 heteroatoms. The minimum atomic E-state index is 0.841. The zero-order valence-corrected chi connectivity index (χ0v) is 13.5. The number of morpholine rings is 1. The van der Waals surface area contributed by atoms with Crippen molar-refractivity contribution in [3.05, 3.63) is 42.6 Å². The van der Waals surface area contributed by atoms with Crippen LogP contribution in [-0.2, 0) is 4.74 Å². The summed E-state index contributed by atoms with van der Waals surface area (Å²) >= 11 is 0. The number of nitrogens with one attached hydrogen (secondary N) is 1. The maximum Gasteiger partial charge on any atom is 0.125 e. The highest BCUT2D eigenvalue weighted by molar-refractivity contribution is 5.65. The molecule has 1 fully saturated rings. The Morgan fingerprint density at radius 3 is 2.78 bits per heavy atom. The second-order valence-corrected chi connectivity index (χ2v) is 5.54. The molecule has 23 heavy (non-hydrogen) atoms. The maximum absolute atomic E-state index is 5.35. The topological polar surface area (TPSA) is 46.6 Å². The minimum absolute atomic E-state index is 0.841. The van der Waals surface area contributed by atoms with E-state index in [-0.39, 0.29) is 0 Å². The number of rotatable bonds is 6. The molecule has 0 spiro atoms. The van der Waals surface area contributed by atoms with Gasteiger partial charge >= 0.3 is 0 Å². The molecule has 0 aliphatic carbocycles. The van der Waals surface area contributed by atoms with Crippen molar-refractivity contribution in [2.45, 2.75) is 0 Å². The van der Waals surface area contributed by atoms with Gasteiger partial charge in [-0.15, -0.1) is 0 Å². The molecule has 0 atom stereocenters. The Bertz CT molecular complexity index is 610. The number of hydrogen-bond donors (Lipinski definition) is 1. The molecule has 0 saturated carbocycles. The van der Waals surface area contributed by atoms with Gasteiger partial charge in [0, 0.05) is 37.9 Å². The summed E-state index contributed by atoms with van der Waals surface area (Å²) in [5.41, 5.74) is 2.19. The van der Waals surface area contributed by atoms with Crippen LogP contribution in [0.1, 0.15) is 0 Å². The van der Waals surface area contributed by atoms with Gasteiger partial charge in [-0.2, -0.15) is 0 Å². The number of benzene rings is 1. The Morgan fingerprint density at radius 2 is 2.04 bits per heavy atom. The van der Waals surface area contributed by atoms with Crippen molar-refractivity contribution in [2.75, 3.05) is 51.8 Å². The molecule has 2 aromatic rings. The Kier molecular flexibility index (Phi) is 5.45. The average Bonchev–Trinajstić information content (AvgIpc) is 2.63. The van der Waals surface area contributed by atoms with E-state index in [1.165, 1.54) is 0 Å². The highest BCUT2D eigenvalue weighted by Crippen LogP contribution is 2.23. The second kappa shape index (κ2) is 7.94.